The van der Waals surface area contributed by atoms with Crippen molar-refractivity contribution in [3.05, 3.63) is 77.4 Å². The summed E-state index contributed by atoms with van der Waals surface area (Å²) in [6.07, 6.45) is 1.39. The normalized spacial score (nSPS) is 11.2. The number of amides is 1. The highest BCUT2D eigenvalue weighted by molar-refractivity contribution is 7.94. The molecule has 1 aromatic heterocycles. The number of thiophene rings is 1. The fourth-order valence-corrected chi connectivity index (χ4v) is 5.54. The lowest BCUT2D eigenvalue weighted by Crippen LogP contribution is -2.41. The Morgan fingerprint density at radius 2 is 1.94 bits per heavy atom. The third-order valence-corrected chi connectivity index (χ3v) is 7.68. The third-order valence-electron chi connectivity index (χ3n) is 4.55. The van der Waals surface area contributed by atoms with Gasteiger partial charge in [0.1, 0.15) is 22.3 Å². The summed E-state index contributed by atoms with van der Waals surface area (Å²) in [4.78, 5) is 12.5. The Hall–Kier alpha value is -2.91. The van der Waals surface area contributed by atoms with Crippen molar-refractivity contribution in [2.75, 3.05) is 24.5 Å². The van der Waals surface area contributed by atoms with Crippen LogP contribution in [0.1, 0.15) is 12.0 Å². The first kappa shape index (κ1) is 22.8. The molecule has 164 valence electrons. The molecule has 0 aliphatic rings. The topological polar surface area (TPSA) is 75.7 Å². The van der Waals surface area contributed by atoms with Crippen molar-refractivity contribution in [2.24, 2.45) is 0 Å². The van der Waals surface area contributed by atoms with Gasteiger partial charge in [-0.25, -0.2) is 12.8 Å². The Balaban J connectivity index is 1.65. The molecule has 1 heterocycles. The summed E-state index contributed by atoms with van der Waals surface area (Å²) >= 11 is 1.01. The van der Waals surface area contributed by atoms with E-state index in [1.54, 1.807) is 18.6 Å². The molecule has 0 bridgehead atoms. The highest BCUT2D eigenvalue weighted by Gasteiger charge is 2.29. The fraction of sp³-hybridized carbons (Fsp3) is 0.227. The monoisotopic (exact) mass is 462 g/mol. The molecule has 31 heavy (non-hydrogen) atoms. The van der Waals surface area contributed by atoms with E-state index in [4.69, 9.17) is 4.74 Å². The number of ether oxygens (including phenoxy) is 1. The van der Waals surface area contributed by atoms with Crippen LogP contribution in [0.2, 0.25) is 0 Å². The number of carbonyl (C=O) groups excluding carboxylic acids is 1. The zero-order valence-corrected chi connectivity index (χ0v) is 18.6. The minimum absolute atomic E-state index is 0.0431. The van der Waals surface area contributed by atoms with E-state index in [9.17, 15) is 17.6 Å². The fourth-order valence-electron chi connectivity index (χ4n) is 3.01. The molecule has 9 heteroatoms. The van der Waals surface area contributed by atoms with E-state index >= 15 is 0 Å². The van der Waals surface area contributed by atoms with Crippen molar-refractivity contribution in [1.29, 1.82) is 0 Å². The van der Waals surface area contributed by atoms with Crippen LogP contribution in [0.25, 0.3) is 0 Å². The second kappa shape index (κ2) is 10.4. The number of rotatable bonds is 10. The number of sulfonamides is 1. The van der Waals surface area contributed by atoms with Gasteiger partial charge in [-0.2, -0.15) is 0 Å². The van der Waals surface area contributed by atoms with Crippen LogP contribution in [-0.4, -0.2) is 34.5 Å². The van der Waals surface area contributed by atoms with E-state index in [1.807, 2.05) is 24.3 Å². The van der Waals surface area contributed by atoms with Crippen LogP contribution >= 0.6 is 11.3 Å². The van der Waals surface area contributed by atoms with Gasteiger partial charge in [0.05, 0.1) is 12.8 Å². The Labute approximate surface area is 185 Å². The smallest absolute Gasteiger partial charge is 0.274 e. The molecule has 6 nitrogen and oxygen atoms in total. The van der Waals surface area contributed by atoms with Crippen LogP contribution in [0, 0.1) is 5.82 Å². The number of aryl methyl sites for hydroxylation is 1. The number of anilines is 1. The highest BCUT2D eigenvalue weighted by Crippen LogP contribution is 2.28. The van der Waals surface area contributed by atoms with Crippen LogP contribution in [-0.2, 0) is 21.2 Å². The molecule has 0 spiro atoms. The summed E-state index contributed by atoms with van der Waals surface area (Å²) in [6, 6.07) is 16.2. The molecule has 3 aromatic rings. The quantitative estimate of drug-likeness (QED) is 0.465. The molecule has 1 amide bonds. The highest BCUT2D eigenvalue weighted by atomic mass is 32.2. The summed E-state index contributed by atoms with van der Waals surface area (Å²) in [5.41, 5.74) is 0.907. The zero-order chi connectivity index (χ0) is 22.3. The molecule has 0 radical (unpaired) electrons. The lowest BCUT2D eigenvalue weighted by molar-refractivity contribution is -0.119. The number of hydrogen-bond donors (Lipinski definition) is 1. The van der Waals surface area contributed by atoms with Crippen LogP contribution < -0.4 is 14.4 Å². The van der Waals surface area contributed by atoms with E-state index in [0.717, 1.165) is 39.4 Å². The lowest BCUT2D eigenvalue weighted by atomic mass is 10.1. The summed E-state index contributed by atoms with van der Waals surface area (Å²) in [5, 5.41) is 4.34. The number of carbonyl (C=O) groups is 1. The molecule has 0 saturated heterocycles. The van der Waals surface area contributed by atoms with Crippen LogP contribution in [0.5, 0.6) is 5.75 Å². The van der Waals surface area contributed by atoms with Gasteiger partial charge in [-0.05, 0) is 54.1 Å². The van der Waals surface area contributed by atoms with Gasteiger partial charge in [-0.15, -0.1) is 11.3 Å². The molecule has 0 aliphatic carbocycles. The predicted octanol–water partition coefficient (Wildman–Crippen LogP) is 3.84. The molecule has 0 unspecified atom stereocenters. The minimum Gasteiger partial charge on any atom is -0.497 e. The van der Waals surface area contributed by atoms with Gasteiger partial charge in [0.15, 0.2) is 0 Å². The van der Waals surface area contributed by atoms with Gasteiger partial charge in [-0.1, -0.05) is 30.3 Å². The van der Waals surface area contributed by atoms with Gasteiger partial charge in [-0.3, -0.25) is 9.10 Å². The summed E-state index contributed by atoms with van der Waals surface area (Å²) in [5.74, 6) is -0.455. The minimum atomic E-state index is -4.07. The molecular weight excluding hydrogens is 439 g/mol. The van der Waals surface area contributed by atoms with Crippen molar-refractivity contribution < 1.29 is 22.3 Å². The molecule has 3 rings (SSSR count). The molecule has 0 aliphatic heterocycles. The van der Waals surface area contributed by atoms with Crippen molar-refractivity contribution in [3.8, 4) is 5.75 Å². The van der Waals surface area contributed by atoms with E-state index in [2.05, 4.69) is 5.32 Å². The summed E-state index contributed by atoms with van der Waals surface area (Å²) in [7, 11) is -2.47. The zero-order valence-electron chi connectivity index (χ0n) is 17.0. The molecular formula is C22H23FN2O4S2. The lowest BCUT2D eigenvalue weighted by Gasteiger charge is -2.23. The Morgan fingerprint density at radius 3 is 2.65 bits per heavy atom. The number of hydrogen-bond acceptors (Lipinski definition) is 5. The number of nitrogens with one attached hydrogen (secondary N) is 1. The van der Waals surface area contributed by atoms with Gasteiger partial charge in [0.25, 0.3) is 10.0 Å². The van der Waals surface area contributed by atoms with Gasteiger partial charge in [0, 0.05) is 6.54 Å². The molecule has 0 fully saturated rings. The maximum atomic E-state index is 14.4. The molecule has 0 atom stereocenters. The molecule has 1 N–H and O–H groups in total. The largest absolute Gasteiger partial charge is 0.497 e. The average molecular weight is 463 g/mol. The van der Waals surface area contributed by atoms with Crippen molar-refractivity contribution in [1.82, 2.24) is 5.32 Å². The first-order chi connectivity index (χ1) is 14.9. The maximum absolute atomic E-state index is 14.4. The molecule has 2 aromatic carbocycles. The number of halogens is 1. The van der Waals surface area contributed by atoms with Crippen molar-refractivity contribution in [3.63, 3.8) is 0 Å². The maximum Gasteiger partial charge on any atom is 0.274 e. The van der Waals surface area contributed by atoms with Crippen LogP contribution in [0.15, 0.2) is 70.3 Å². The summed E-state index contributed by atoms with van der Waals surface area (Å²) in [6.45, 7) is -0.152. The first-order valence-corrected chi connectivity index (χ1v) is 11.9. The van der Waals surface area contributed by atoms with E-state index in [-0.39, 0.29) is 9.90 Å². The van der Waals surface area contributed by atoms with Crippen molar-refractivity contribution >= 4 is 33.0 Å². The van der Waals surface area contributed by atoms with E-state index < -0.39 is 28.3 Å². The SMILES string of the molecule is COc1cccc(CCCNC(=O)CN(c2ccccc2F)S(=O)(=O)c2cccs2)c1. The number of methoxy groups -OCH3 is 1. The molecule has 0 saturated carbocycles. The predicted molar refractivity (Wildman–Crippen MR) is 120 cm³/mol. The standard InChI is InChI=1S/C22H23FN2O4S2/c1-29-18-9-4-7-17(15-18)8-5-13-24-21(26)16-25(20-11-3-2-10-19(20)23)31(27,28)22-12-6-14-30-22/h2-4,6-7,9-12,14-15H,5,8,13,16H2,1H3,(H,24,26). The second-order valence-corrected chi connectivity index (χ2v) is 9.74. The van der Waals surface area contributed by atoms with Crippen LogP contribution in [0.3, 0.4) is 0 Å². The van der Waals surface area contributed by atoms with Gasteiger partial charge >= 0.3 is 0 Å². The van der Waals surface area contributed by atoms with Crippen molar-refractivity contribution in [2.45, 2.75) is 17.1 Å². The summed E-state index contributed by atoms with van der Waals surface area (Å²) < 4.78 is 46.5. The second-order valence-electron chi connectivity index (χ2n) is 6.70. The van der Waals surface area contributed by atoms with E-state index in [1.165, 1.54) is 24.3 Å². The Bertz CT molecular complexity index is 1120. The van der Waals surface area contributed by atoms with Gasteiger partial charge in [0.2, 0.25) is 5.91 Å². The first-order valence-electron chi connectivity index (χ1n) is 9.62. The Kier molecular flexibility index (Phi) is 7.64. The Morgan fingerprint density at radius 1 is 1.13 bits per heavy atom. The third kappa shape index (κ3) is 5.83. The van der Waals surface area contributed by atoms with E-state index in [0.29, 0.717) is 13.0 Å². The number of para-hydroxylation sites is 1. The number of benzene rings is 2. The number of nitrogens with zero attached hydrogens (tertiary/aromatic N) is 1. The van der Waals surface area contributed by atoms with Crippen LogP contribution in [0.4, 0.5) is 10.1 Å². The average Bonchev–Trinajstić information content (AvgIpc) is 3.32. The van der Waals surface area contributed by atoms with Gasteiger partial charge < -0.3 is 10.1 Å².